The molecular formula is C20H14N4O2S3. The van der Waals surface area contributed by atoms with Gasteiger partial charge in [-0.05, 0) is 54.4 Å². The molecule has 0 radical (unpaired) electrons. The lowest BCUT2D eigenvalue weighted by Gasteiger charge is -2.03. The van der Waals surface area contributed by atoms with Crippen LogP contribution in [0.3, 0.4) is 0 Å². The number of methoxy groups -OCH3 is 1. The first kappa shape index (κ1) is 18.3. The van der Waals surface area contributed by atoms with Crippen LogP contribution in [0.5, 0.6) is 5.75 Å². The maximum Gasteiger partial charge on any atom is 0.283 e. The van der Waals surface area contributed by atoms with Crippen molar-refractivity contribution >= 4 is 44.7 Å². The Morgan fingerprint density at radius 1 is 1.03 bits per heavy atom. The molecule has 6 nitrogen and oxygen atoms in total. The minimum atomic E-state index is 0.443. The van der Waals surface area contributed by atoms with Crippen LogP contribution in [0.4, 0.5) is 0 Å². The van der Waals surface area contributed by atoms with Gasteiger partial charge in [0.1, 0.15) is 21.4 Å². The molecule has 0 spiro atoms. The summed E-state index contributed by atoms with van der Waals surface area (Å²) in [6.07, 6.45) is 0. The van der Waals surface area contributed by atoms with E-state index in [-0.39, 0.29) is 0 Å². The maximum absolute atomic E-state index is 5.89. The number of aromatic nitrogens is 4. The molecule has 0 N–H and O–H groups in total. The van der Waals surface area contributed by atoms with Crippen LogP contribution in [0.15, 0.2) is 61.8 Å². The van der Waals surface area contributed by atoms with E-state index in [1.165, 1.54) is 16.6 Å². The van der Waals surface area contributed by atoms with Gasteiger partial charge in [-0.2, -0.15) is 0 Å². The molecule has 144 valence electrons. The minimum absolute atomic E-state index is 0.443. The maximum atomic E-state index is 5.89. The number of ether oxygens (including phenoxy) is 1. The molecule has 0 fully saturated rings. The molecule has 4 aromatic heterocycles. The number of rotatable bonds is 5. The van der Waals surface area contributed by atoms with Crippen molar-refractivity contribution in [2.75, 3.05) is 7.11 Å². The van der Waals surface area contributed by atoms with Crippen LogP contribution in [0.25, 0.3) is 32.1 Å². The van der Waals surface area contributed by atoms with Crippen LogP contribution < -0.4 is 4.74 Å². The van der Waals surface area contributed by atoms with Crippen LogP contribution in [0.2, 0.25) is 0 Å². The number of aryl methyl sites for hydroxylation is 1. The zero-order chi connectivity index (χ0) is 19.8. The van der Waals surface area contributed by atoms with Gasteiger partial charge in [0.05, 0.1) is 12.5 Å². The SMILES string of the molecule is COc1ccc(-c2nnc(Sc3nc(C)nc4scc(-c5cccs5)c34)o2)cc1. The Balaban J connectivity index is 1.52. The molecule has 5 rings (SSSR count). The molecule has 0 aliphatic heterocycles. The largest absolute Gasteiger partial charge is 0.497 e. The molecule has 0 unspecified atom stereocenters. The number of thiophene rings is 2. The Morgan fingerprint density at radius 3 is 2.66 bits per heavy atom. The summed E-state index contributed by atoms with van der Waals surface area (Å²) in [5.74, 6) is 1.95. The molecule has 0 saturated heterocycles. The van der Waals surface area contributed by atoms with Crippen molar-refractivity contribution in [3.63, 3.8) is 0 Å². The third kappa shape index (κ3) is 3.52. The molecule has 0 atom stereocenters. The van der Waals surface area contributed by atoms with Gasteiger partial charge < -0.3 is 9.15 Å². The van der Waals surface area contributed by atoms with E-state index in [9.17, 15) is 0 Å². The summed E-state index contributed by atoms with van der Waals surface area (Å²) in [7, 11) is 1.63. The van der Waals surface area contributed by atoms with Crippen LogP contribution in [0, 0.1) is 6.92 Å². The predicted molar refractivity (Wildman–Crippen MR) is 116 cm³/mol. The molecule has 0 saturated carbocycles. The van der Waals surface area contributed by atoms with Crippen LogP contribution in [0.1, 0.15) is 5.82 Å². The zero-order valence-electron chi connectivity index (χ0n) is 15.4. The van der Waals surface area contributed by atoms with Gasteiger partial charge in [0, 0.05) is 21.4 Å². The van der Waals surface area contributed by atoms with Gasteiger partial charge in [0.25, 0.3) is 5.22 Å². The molecule has 1 aromatic carbocycles. The second-order valence-corrected chi connectivity index (χ2v) is 8.83. The molecule has 29 heavy (non-hydrogen) atoms. The predicted octanol–water partition coefficient (Wildman–Crippen LogP) is 5.94. The topological polar surface area (TPSA) is 73.9 Å². The van der Waals surface area contributed by atoms with Crippen molar-refractivity contribution < 1.29 is 9.15 Å². The van der Waals surface area contributed by atoms with Crippen molar-refractivity contribution in [2.45, 2.75) is 17.2 Å². The van der Waals surface area contributed by atoms with Crippen LogP contribution in [-0.4, -0.2) is 27.3 Å². The number of hydrogen-bond acceptors (Lipinski definition) is 9. The first-order chi connectivity index (χ1) is 14.2. The van der Waals surface area contributed by atoms with Gasteiger partial charge in [-0.1, -0.05) is 6.07 Å². The van der Waals surface area contributed by atoms with E-state index in [4.69, 9.17) is 9.15 Å². The monoisotopic (exact) mass is 438 g/mol. The number of fused-ring (bicyclic) bond motifs is 1. The lowest BCUT2D eigenvalue weighted by atomic mass is 10.2. The van der Waals surface area contributed by atoms with Crippen molar-refractivity contribution in [1.29, 1.82) is 0 Å². The van der Waals surface area contributed by atoms with Crippen molar-refractivity contribution in [1.82, 2.24) is 20.2 Å². The Labute approximate surface area is 178 Å². The summed E-state index contributed by atoms with van der Waals surface area (Å²) in [6, 6.07) is 11.7. The second kappa shape index (κ2) is 7.58. The molecule has 4 heterocycles. The molecule has 0 aliphatic rings. The van der Waals surface area contributed by atoms with Crippen molar-refractivity contribution in [3.05, 3.63) is 53.0 Å². The van der Waals surface area contributed by atoms with Crippen LogP contribution >= 0.6 is 34.4 Å². The van der Waals surface area contributed by atoms with Gasteiger partial charge in [-0.3, -0.25) is 0 Å². The Hall–Kier alpha value is -2.75. The van der Waals surface area contributed by atoms with Crippen molar-refractivity contribution in [2.24, 2.45) is 0 Å². The highest BCUT2D eigenvalue weighted by Crippen LogP contribution is 2.41. The fraction of sp³-hybridized carbons (Fsp3) is 0.100. The summed E-state index contributed by atoms with van der Waals surface area (Å²) in [5, 5.41) is 14.9. The highest BCUT2D eigenvalue weighted by molar-refractivity contribution is 7.99. The van der Waals surface area contributed by atoms with Crippen molar-refractivity contribution in [3.8, 4) is 27.6 Å². The van der Waals surface area contributed by atoms with E-state index in [1.54, 1.807) is 29.8 Å². The first-order valence-corrected chi connectivity index (χ1v) is 11.2. The van der Waals surface area contributed by atoms with E-state index < -0.39 is 0 Å². The van der Waals surface area contributed by atoms with E-state index >= 15 is 0 Å². The average molecular weight is 439 g/mol. The highest BCUT2D eigenvalue weighted by Gasteiger charge is 2.18. The van der Waals surface area contributed by atoms with Gasteiger partial charge in [0.2, 0.25) is 5.89 Å². The summed E-state index contributed by atoms with van der Waals surface area (Å²) >= 11 is 4.69. The molecule has 0 amide bonds. The average Bonchev–Trinajstić information content (AvgIpc) is 3.48. The van der Waals surface area contributed by atoms with Gasteiger partial charge >= 0.3 is 0 Å². The zero-order valence-corrected chi connectivity index (χ0v) is 17.9. The number of benzene rings is 1. The molecule has 0 bridgehead atoms. The fourth-order valence-electron chi connectivity index (χ4n) is 2.88. The smallest absolute Gasteiger partial charge is 0.283 e. The molecule has 5 aromatic rings. The third-order valence-corrected chi connectivity index (χ3v) is 6.83. The van der Waals surface area contributed by atoms with E-state index in [0.717, 1.165) is 37.9 Å². The summed E-state index contributed by atoms with van der Waals surface area (Å²) in [4.78, 5) is 11.4. The van der Waals surface area contributed by atoms with Gasteiger partial charge in [0.15, 0.2) is 0 Å². The number of hydrogen-bond donors (Lipinski definition) is 0. The Kier molecular flexibility index (Phi) is 4.78. The Bertz CT molecular complexity index is 1280. The van der Waals surface area contributed by atoms with Gasteiger partial charge in [-0.15, -0.1) is 32.9 Å². The standard InChI is InChI=1S/C20H14N4O2S3/c1-11-21-18-16(14(10-28-18)15-4-3-9-27-15)19(22-11)29-20-24-23-17(26-20)12-5-7-13(25-2)8-6-12/h3-10H,1-2H3. The Morgan fingerprint density at radius 2 is 1.90 bits per heavy atom. The van der Waals surface area contributed by atoms with E-state index in [2.05, 4.69) is 37.0 Å². The van der Waals surface area contributed by atoms with E-state index in [1.807, 2.05) is 37.3 Å². The summed E-state index contributed by atoms with van der Waals surface area (Å²) in [5.41, 5.74) is 1.97. The van der Waals surface area contributed by atoms with Crippen LogP contribution in [-0.2, 0) is 0 Å². The quantitative estimate of drug-likeness (QED) is 0.314. The van der Waals surface area contributed by atoms with E-state index in [0.29, 0.717) is 11.1 Å². The third-order valence-electron chi connectivity index (χ3n) is 4.23. The molecule has 9 heteroatoms. The number of nitrogens with zero attached hydrogens (tertiary/aromatic N) is 4. The lowest BCUT2D eigenvalue weighted by molar-refractivity contribution is 0.414. The normalized spacial score (nSPS) is 11.2. The summed E-state index contributed by atoms with van der Waals surface area (Å²) in [6.45, 7) is 1.89. The second-order valence-electron chi connectivity index (χ2n) is 6.09. The minimum Gasteiger partial charge on any atom is -0.497 e. The highest BCUT2D eigenvalue weighted by atomic mass is 32.2. The molecule has 0 aliphatic carbocycles. The van der Waals surface area contributed by atoms with Gasteiger partial charge in [-0.25, -0.2) is 9.97 Å². The summed E-state index contributed by atoms with van der Waals surface area (Å²) < 4.78 is 11.1. The lowest BCUT2D eigenvalue weighted by Crippen LogP contribution is -1.91. The fourth-order valence-corrected chi connectivity index (χ4v) is 5.61. The molecular weight excluding hydrogens is 424 g/mol. The first-order valence-electron chi connectivity index (χ1n) is 8.67.